The van der Waals surface area contributed by atoms with Gasteiger partial charge >= 0.3 is 5.97 Å². The molecule has 4 rings (SSSR count). The number of pyridine rings is 1. The summed E-state index contributed by atoms with van der Waals surface area (Å²) < 4.78 is 49.0. The van der Waals surface area contributed by atoms with Gasteiger partial charge in [-0.15, -0.1) is 0 Å². The standard InChI is InChI=1S/C26H23F3N4O3/c1-3-36-22(35)8-5-13-30-26-31-23(17-10-9-16(27)14-15(17)2)18-11-12-21(34)33(25(18)32-26)24-19(28)6-4-7-20(24)29/h4,6-7,9-12,14H,3,5,8,13H2,1-2H3,(H,30,31,32). The molecule has 0 saturated carbocycles. The Balaban J connectivity index is 1.89. The molecular formula is C26H23F3N4O3. The average Bonchev–Trinajstić information content (AvgIpc) is 2.83. The van der Waals surface area contributed by atoms with E-state index in [1.165, 1.54) is 36.4 Å². The van der Waals surface area contributed by atoms with Gasteiger partial charge in [-0.05, 0) is 62.2 Å². The van der Waals surface area contributed by atoms with E-state index >= 15 is 0 Å². The van der Waals surface area contributed by atoms with Gasteiger partial charge < -0.3 is 10.1 Å². The monoisotopic (exact) mass is 496 g/mol. The van der Waals surface area contributed by atoms with E-state index in [4.69, 9.17) is 4.74 Å². The Bertz CT molecular complexity index is 1480. The molecule has 0 aliphatic rings. The van der Waals surface area contributed by atoms with Gasteiger partial charge in [0, 0.05) is 30.0 Å². The van der Waals surface area contributed by atoms with Crippen LogP contribution < -0.4 is 10.9 Å². The summed E-state index contributed by atoms with van der Waals surface area (Å²) in [5, 5.41) is 3.33. The number of aromatic nitrogens is 3. The fourth-order valence-electron chi connectivity index (χ4n) is 3.88. The molecule has 10 heteroatoms. The summed E-state index contributed by atoms with van der Waals surface area (Å²) in [4.78, 5) is 33.4. The Kier molecular flexibility index (Phi) is 7.33. The Morgan fingerprint density at radius 2 is 1.81 bits per heavy atom. The zero-order chi connectivity index (χ0) is 25.8. The predicted octanol–water partition coefficient (Wildman–Crippen LogP) is 4.93. The minimum absolute atomic E-state index is 0.0342. The van der Waals surface area contributed by atoms with Crippen LogP contribution in [0.5, 0.6) is 0 Å². The molecule has 2 heterocycles. The van der Waals surface area contributed by atoms with Crippen molar-refractivity contribution in [3.63, 3.8) is 0 Å². The molecule has 186 valence electrons. The maximum Gasteiger partial charge on any atom is 0.305 e. The molecule has 0 atom stereocenters. The zero-order valence-electron chi connectivity index (χ0n) is 19.6. The largest absolute Gasteiger partial charge is 0.466 e. The van der Waals surface area contributed by atoms with Gasteiger partial charge in [-0.2, -0.15) is 4.98 Å². The number of ether oxygens (including phenoxy) is 1. The van der Waals surface area contributed by atoms with E-state index in [1.807, 2.05) is 0 Å². The van der Waals surface area contributed by atoms with E-state index in [0.717, 1.165) is 16.7 Å². The molecule has 7 nitrogen and oxygen atoms in total. The quantitative estimate of drug-likeness (QED) is 0.275. The van der Waals surface area contributed by atoms with Crippen LogP contribution in [0.3, 0.4) is 0 Å². The van der Waals surface area contributed by atoms with Crippen molar-refractivity contribution in [2.75, 3.05) is 18.5 Å². The number of aryl methyl sites for hydroxylation is 1. The molecule has 0 aliphatic carbocycles. The smallest absolute Gasteiger partial charge is 0.305 e. The second-order valence-electron chi connectivity index (χ2n) is 8.00. The van der Waals surface area contributed by atoms with E-state index in [-0.39, 0.29) is 37.1 Å². The third-order valence-electron chi connectivity index (χ3n) is 5.50. The number of carbonyl (C=O) groups excluding carboxylic acids is 1. The maximum absolute atomic E-state index is 14.7. The SMILES string of the molecule is CCOC(=O)CCCNc1nc(-c2ccc(F)cc2C)c2ccc(=O)n(-c3c(F)cccc3F)c2n1. The molecule has 36 heavy (non-hydrogen) atoms. The van der Waals surface area contributed by atoms with Gasteiger partial charge in [0.15, 0.2) is 5.65 Å². The molecule has 4 aromatic rings. The number of anilines is 1. The topological polar surface area (TPSA) is 86.1 Å². The first-order chi connectivity index (χ1) is 17.3. The van der Waals surface area contributed by atoms with Crippen molar-refractivity contribution in [3.8, 4) is 16.9 Å². The van der Waals surface area contributed by atoms with Crippen LogP contribution >= 0.6 is 0 Å². The number of fused-ring (bicyclic) bond motifs is 1. The lowest BCUT2D eigenvalue weighted by Crippen LogP contribution is -2.21. The van der Waals surface area contributed by atoms with Crippen LogP contribution in [-0.2, 0) is 9.53 Å². The highest BCUT2D eigenvalue weighted by molar-refractivity contribution is 5.93. The first kappa shape index (κ1) is 24.9. The third kappa shape index (κ3) is 5.07. The van der Waals surface area contributed by atoms with Crippen LogP contribution in [0.15, 0.2) is 53.3 Å². The van der Waals surface area contributed by atoms with Gasteiger partial charge in [-0.25, -0.2) is 18.2 Å². The minimum atomic E-state index is -0.938. The van der Waals surface area contributed by atoms with Crippen molar-refractivity contribution in [1.29, 1.82) is 0 Å². The summed E-state index contributed by atoms with van der Waals surface area (Å²) in [5.74, 6) is -2.58. The summed E-state index contributed by atoms with van der Waals surface area (Å²) in [6, 6.07) is 10.1. The van der Waals surface area contributed by atoms with Crippen molar-refractivity contribution in [2.45, 2.75) is 26.7 Å². The van der Waals surface area contributed by atoms with Crippen LogP contribution in [0.4, 0.5) is 19.1 Å². The predicted molar refractivity (Wildman–Crippen MR) is 130 cm³/mol. The van der Waals surface area contributed by atoms with E-state index < -0.39 is 28.7 Å². The average molecular weight is 496 g/mol. The lowest BCUT2D eigenvalue weighted by atomic mass is 10.0. The van der Waals surface area contributed by atoms with Crippen LogP contribution in [0.25, 0.3) is 28.0 Å². The Labute approximate surface area is 204 Å². The molecule has 0 unspecified atom stereocenters. The first-order valence-electron chi connectivity index (χ1n) is 11.3. The summed E-state index contributed by atoms with van der Waals surface area (Å²) >= 11 is 0. The normalized spacial score (nSPS) is 11.0. The number of para-hydroxylation sites is 1. The molecule has 0 bridgehead atoms. The Morgan fingerprint density at radius 1 is 1.06 bits per heavy atom. The van der Waals surface area contributed by atoms with Gasteiger partial charge in [0.25, 0.3) is 5.56 Å². The van der Waals surface area contributed by atoms with Gasteiger partial charge in [0.05, 0.1) is 12.3 Å². The van der Waals surface area contributed by atoms with Crippen LogP contribution in [-0.4, -0.2) is 33.7 Å². The number of nitrogens with zero attached hydrogens (tertiary/aromatic N) is 3. The summed E-state index contributed by atoms with van der Waals surface area (Å²) in [7, 11) is 0. The van der Waals surface area contributed by atoms with Gasteiger partial charge in [0.2, 0.25) is 5.95 Å². The highest BCUT2D eigenvalue weighted by Gasteiger charge is 2.20. The second kappa shape index (κ2) is 10.6. The Morgan fingerprint density at radius 3 is 2.50 bits per heavy atom. The third-order valence-corrected chi connectivity index (χ3v) is 5.50. The number of benzene rings is 2. The van der Waals surface area contributed by atoms with Crippen LogP contribution in [0, 0.1) is 24.4 Å². The molecule has 2 aromatic heterocycles. The summed E-state index contributed by atoms with van der Waals surface area (Å²) in [6.07, 6.45) is 0.582. The second-order valence-corrected chi connectivity index (χ2v) is 8.00. The lowest BCUT2D eigenvalue weighted by molar-refractivity contribution is -0.143. The van der Waals surface area contributed by atoms with E-state index in [1.54, 1.807) is 13.8 Å². The molecule has 0 fully saturated rings. The molecule has 0 spiro atoms. The molecule has 0 saturated heterocycles. The molecule has 0 amide bonds. The number of carbonyl (C=O) groups is 1. The van der Waals surface area contributed by atoms with E-state index in [2.05, 4.69) is 15.3 Å². The number of esters is 1. The fourth-order valence-corrected chi connectivity index (χ4v) is 3.88. The van der Waals surface area contributed by atoms with Crippen LogP contribution in [0.1, 0.15) is 25.3 Å². The summed E-state index contributed by atoms with van der Waals surface area (Å²) in [5.41, 5.74) is 0.168. The molecule has 0 radical (unpaired) electrons. The molecule has 2 aromatic carbocycles. The molecule has 0 aliphatic heterocycles. The van der Waals surface area contributed by atoms with Crippen LogP contribution in [0.2, 0.25) is 0 Å². The number of halogens is 3. The fraction of sp³-hybridized carbons (Fsp3) is 0.231. The number of nitrogens with one attached hydrogen (secondary N) is 1. The van der Waals surface area contributed by atoms with Gasteiger partial charge in [-0.1, -0.05) is 6.07 Å². The van der Waals surface area contributed by atoms with Crippen molar-refractivity contribution in [1.82, 2.24) is 14.5 Å². The molecular weight excluding hydrogens is 473 g/mol. The molecule has 1 N–H and O–H groups in total. The Hall–Kier alpha value is -4.21. The van der Waals surface area contributed by atoms with Crippen molar-refractivity contribution < 1.29 is 22.7 Å². The van der Waals surface area contributed by atoms with E-state index in [9.17, 15) is 22.8 Å². The van der Waals surface area contributed by atoms with Gasteiger partial charge in [0.1, 0.15) is 23.1 Å². The lowest BCUT2D eigenvalue weighted by Gasteiger charge is -2.16. The number of rotatable bonds is 8. The first-order valence-corrected chi connectivity index (χ1v) is 11.3. The van der Waals surface area contributed by atoms with Crippen molar-refractivity contribution in [2.24, 2.45) is 0 Å². The number of hydrogen-bond donors (Lipinski definition) is 1. The van der Waals surface area contributed by atoms with Crippen molar-refractivity contribution in [3.05, 3.63) is 81.9 Å². The highest BCUT2D eigenvalue weighted by Crippen LogP contribution is 2.31. The minimum Gasteiger partial charge on any atom is -0.466 e. The van der Waals surface area contributed by atoms with Crippen molar-refractivity contribution >= 4 is 23.0 Å². The maximum atomic E-state index is 14.7. The highest BCUT2D eigenvalue weighted by atomic mass is 19.1. The van der Waals surface area contributed by atoms with Gasteiger partial charge in [-0.3, -0.25) is 14.2 Å². The van der Waals surface area contributed by atoms with E-state index in [0.29, 0.717) is 28.6 Å². The zero-order valence-corrected chi connectivity index (χ0v) is 19.6. The number of hydrogen-bond acceptors (Lipinski definition) is 6. The summed E-state index contributed by atoms with van der Waals surface area (Å²) in [6.45, 7) is 3.99.